The first-order valence-corrected chi connectivity index (χ1v) is 6.52. The molecule has 1 nitrogen and oxygen atoms in total. The standard InChI is InChI=1S/C15H23N/c1-13-3-5-15(6-4-13)9-12-16-10-7-14(2)8-11-16/h3-6,14H,7-12H2,1-2H3. The normalized spacial score (nSPS) is 18.9. The molecular weight excluding hydrogens is 194 g/mol. The molecule has 0 aliphatic carbocycles. The van der Waals surface area contributed by atoms with E-state index in [1.807, 2.05) is 0 Å². The van der Waals surface area contributed by atoms with Gasteiger partial charge in [-0.25, -0.2) is 0 Å². The molecule has 0 saturated carbocycles. The largest absolute Gasteiger partial charge is 0.303 e. The fraction of sp³-hybridized carbons (Fsp3) is 0.600. The van der Waals surface area contributed by atoms with Crippen LogP contribution in [0.2, 0.25) is 0 Å². The van der Waals surface area contributed by atoms with E-state index in [4.69, 9.17) is 0 Å². The van der Waals surface area contributed by atoms with Gasteiger partial charge in [0.25, 0.3) is 0 Å². The Bertz CT molecular complexity index is 307. The van der Waals surface area contributed by atoms with Crippen LogP contribution in [0.5, 0.6) is 0 Å². The van der Waals surface area contributed by atoms with E-state index in [2.05, 4.69) is 43.0 Å². The molecule has 2 rings (SSSR count). The SMILES string of the molecule is Cc1ccc(CCN2CCC(C)CC2)cc1. The van der Waals surface area contributed by atoms with E-state index in [0.29, 0.717) is 0 Å². The number of aryl methyl sites for hydroxylation is 1. The number of hydrogen-bond donors (Lipinski definition) is 0. The minimum Gasteiger partial charge on any atom is -0.303 e. The second-order valence-corrected chi connectivity index (χ2v) is 5.26. The van der Waals surface area contributed by atoms with Crippen LogP contribution in [0.1, 0.15) is 30.9 Å². The molecular formula is C15H23N. The maximum absolute atomic E-state index is 2.61. The molecule has 1 saturated heterocycles. The van der Waals surface area contributed by atoms with E-state index >= 15 is 0 Å². The molecule has 0 amide bonds. The van der Waals surface area contributed by atoms with Crippen molar-refractivity contribution in [1.29, 1.82) is 0 Å². The van der Waals surface area contributed by atoms with E-state index < -0.39 is 0 Å². The van der Waals surface area contributed by atoms with Crippen LogP contribution in [0.25, 0.3) is 0 Å². The predicted octanol–water partition coefficient (Wildman–Crippen LogP) is 3.27. The van der Waals surface area contributed by atoms with Crippen molar-refractivity contribution in [1.82, 2.24) is 4.90 Å². The summed E-state index contributed by atoms with van der Waals surface area (Å²) in [6, 6.07) is 8.96. The monoisotopic (exact) mass is 217 g/mol. The lowest BCUT2D eigenvalue weighted by molar-refractivity contribution is 0.194. The Morgan fingerprint density at radius 1 is 1.12 bits per heavy atom. The van der Waals surface area contributed by atoms with Gasteiger partial charge in [0.2, 0.25) is 0 Å². The molecule has 0 aromatic heterocycles. The van der Waals surface area contributed by atoms with Crippen molar-refractivity contribution in [2.75, 3.05) is 19.6 Å². The van der Waals surface area contributed by atoms with Crippen LogP contribution >= 0.6 is 0 Å². The molecule has 1 aromatic rings. The predicted molar refractivity (Wildman–Crippen MR) is 69.7 cm³/mol. The van der Waals surface area contributed by atoms with Crippen molar-refractivity contribution in [2.24, 2.45) is 5.92 Å². The zero-order chi connectivity index (χ0) is 11.4. The van der Waals surface area contributed by atoms with Crippen LogP contribution in [-0.2, 0) is 6.42 Å². The summed E-state index contributed by atoms with van der Waals surface area (Å²) in [6.07, 6.45) is 3.97. The van der Waals surface area contributed by atoms with Crippen LogP contribution in [-0.4, -0.2) is 24.5 Å². The van der Waals surface area contributed by atoms with E-state index in [9.17, 15) is 0 Å². The summed E-state index contributed by atoms with van der Waals surface area (Å²) in [5.41, 5.74) is 2.83. The Hall–Kier alpha value is -0.820. The number of rotatable bonds is 3. The summed E-state index contributed by atoms with van der Waals surface area (Å²) in [7, 11) is 0. The van der Waals surface area contributed by atoms with E-state index in [1.165, 1.54) is 50.0 Å². The van der Waals surface area contributed by atoms with Gasteiger partial charge in [-0.2, -0.15) is 0 Å². The van der Waals surface area contributed by atoms with Gasteiger partial charge in [0.15, 0.2) is 0 Å². The maximum atomic E-state index is 2.61. The Morgan fingerprint density at radius 2 is 1.75 bits per heavy atom. The van der Waals surface area contributed by atoms with Crippen molar-refractivity contribution < 1.29 is 0 Å². The van der Waals surface area contributed by atoms with Crippen molar-refractivity contribution in [3.8, 4) is 0 Å². The van der Waals surface area contributed by atoms with Crippen molar-refractivity contribution in [2.45, 2.75) is 33.1 Å². The average Bonchev–Trinajstić information content (AvgIpc) is 2.30. The van der Waals surface area contributed by atoms with Crippen LogP contribution < -0.4 is 0 Å². The minimum absolute atomic E-state index is 0.940. The Morgan fingerprint density at radius 3 is 2.38 bits per heavy atom. The molecule has 1 heteroatoms. The quantitative estimate of drug-likeness (QED) is 0.751. The summed E-state index contributed by atoms with van der Waals surface area (Å²) < 4.78 is 0. The van der Waals surface area contributed by atoms with Crippen LogP contribution in [0.3, 0.4) is 0 Å². The second-order valence-electron chi connectivity index (χ2n) is 5.26. The lowest BCUT2D eigenvalue weighted by atomic mass is 9.99. The summed E-state index contributed by atoms with van der Waals surface area (Å²) in [4.78, 5) is 2.61. The third kappa shape index (κ3) is 3.34. The highest BCUT2D eigenvalue weighted by molar-refractivity contribution is 5.21. The lowest BCUT2D eigenvalue weighted by Crippen LogP contribution is -2.34. The Labute approximate surface area is 99.5 Å². The van der Waals surface area contributed by atoms with Gasteiger partial charge in [-0.1, -0.05) is 36.8 Å². The van der Waals surface area contributed by atoms with Gasteiger partial charge in [0.05, 0.1) is 0 Å². The molecule has 0 N–H and O–H groups in total. The number of likely N-dealkylation sites (tertiary alicyclic amines) is 1. The molecule has 0 unspecified atom stereocenters. The van der Waals surface area contributed by atoms with E-state index in [1.54, 1.807) is 0 Å². The molecule has 0 atom stereocenters. The van der Waals surface area contributed by atoms with Gasteiger partial charge in [0, 0.05) is 6.54 Å². The van der Waals surface area contributed by atoms with Gasteiger partial charge in [-0.15, -0.1) is 0 Å². The molecule has 0 bridgehead atoms. The third-order valence-corrected chi connectivity index (χ3v) is 3.71. The zero-order valence-corrected chi connectivity index (χ0v) is 10.6. The molecule has 88 valence electrons. The van der Waals surface area contributed by atoms with Gasteiger partial charge >= 0.3 is 0 Å². The van der Waals surface area contributed by atoms with Gasteiger partial charge in [-0.05, 0) is 50.8 Å². The smallest absolute Gasteiger partial charge is 0.00218 e. The fourth-order valence-electron chi connectivity index (χ4n) is 2.33. The molecule has 0 spiro atoms. The lowest BCUT2D eigenvalue weighted by Gasteiger charge is -2.30. The summed E-state index contributed by atoms with van der Waals surface area (Å²) in [6.45, 7) is 8.35. The zero-order valence-electron chi connectivity index (χ0n) is 10.6. The van der Waals surface area contributed by atoms with Crippen molar-refractivity contribution in [3.05, 3.63) is 35.4 Å². The Balaban J connectivity index is 1.77. The molecule has 16 heavy (non-hydrogen) atoms. The third-order valence-electron chi connectivity index (χ3n) is 3.71. The van der Waals surface area contributed by atoms with Crippen LogP contribution in [0, 0.1) is 12.8 Å². The molecule has 1 aliphatic rings. The number of piperidine rings is 1. The fourth-order valence-corrected chi connectivity index (χ4v) is 2.33. The average molecular weight is 217 g/mol. The first kappa shape index (κ1) is 11.7. The summed E-state index contributed by atoms with van der Waals surface area (Å²) in [5.74, 6) is 0.940. The molecule has 1 aromatic carbocycles. The van der Waals surface area contributed by atoms with Crippen LogP contribution in [0.15, 0.2) is 24.3 Å². The highest BCUT2D eigenvalue weighted by Crippen LogP contribution is 2.16. The van der Waals surface area contributed by atoms with Gasteiger partial charge in [-0.3, -0.25) is 0 Å². The molecule has 1 heterocycles. The van der Waals surface area contributed by atoms with E-state index in [0.717, 1.165) is 5.92 Å². The molecule has 0 radical (unpaired) electrons. The van der Waals surface area contributed by atoms with Gasteiger partial charge in [0.1, 0.15) is 0 Å². The number of benzene rings is 1. The highest BCUT2D eigenvalue weighted by Gasteiger charge is 2.14. The second kappa shape index (κ2) is 5.49. The maximum Gasteiger partial charge on any atom is 0.00218 e. The summed E-state index contributed by atoms with van der Waals surface area (Å²) in [5, 5.41) is 0. The highest BCUT2D eigenvalue weighted by atomic mass is 15.1. The van der Waals surface area contributed by atoms with Crippen molar-refractivity contribution in [3.63, 3.8) is 0 Å². The molecule has 1 aliphatic heterocycles. The molecule has 1 fully saturated rings. The van der Waals surface area contributed by atoms with E-state index in [-0.39, 0.29) is 0 Å². The number of hydrogen-bond acceptors (Lipinski definition) is 1. The van der Waals surface area contributed by atoms with Crippen molar-refractivity contribution >= 4 is 0 Å². The first-order chi connectivity index (χ1) is 7.74. The topological polar surface area (TPSA) is 3.24 Å². The number of nitrogens with zero attached hydrogens (tertiary/aromatic N) is 1. The first-order valence-electron chi connectivity index (χ1n) is 6.52. The summed E-state index contributed by atoms with van der Waals surface area (Å²) >= 11 is 0. The Kier molecular flexibility index (Phi) is 4.00. The van der Waals surface area contributed by atoms with Gasteiger partial charge < -0.3 is 4.90 Å². The van der Waals surface area contributed by atoms with Crippen LogP contribution in [0.4, 0.5) is 0 Å². The minimum atomic E-state index is 0.940.